The average Bonchev–Trinajstić information content (AvgIpc) is 3.29. The summed E-state index contributed by atoms with van der Waals surface area (Å²) >= 11 is 0. The second kappa shape index (κ2) is 23.3. The number of anilines is 2. The topological polar surface area (TPSA) is 25.0 Å². The van der Waals surface area contributed by atoms with Crippen molar-refractivity contribution in [1.29, 1.82) is 0 Å². The van der Waals surface area contributed by atoms with E-state index in [-0.39, 0.29) is 0 Å². The van der Waals surface area contributed by atoms with Crippen LogP contribution in [0.4, 0.5) is 11.4 Å². The minimum Gasteiger partial charge on any atom is -0.388 e. The first-order valence-corrected chi connectivity index (χ1v) is 18.0. The van der Waals surface area contributed by atoms with Crippen LogP contribution in [0.25, 0.3) is 11.3 Å². The number of allylic oxidation sites excluding steroid dienone is 1. The van der Waals surface area contributed by atoms with E-state index in [0.717, 1.165) is 70.2 Å². The summed E-state index contributed by atoms with van der Waals surface area (Å²) in [6.07, 6.45) is 6.98. The zero-order valence-electron chi connectivity index (χ0n) is 31.3. The molecule has 46 heavy (non-hydrogen) atoms. The monoisotopic (exact) mass is 632 g/mol. The van der Waals surface area contributed by atoms with E-state index >= 15 is 0 Å². The molecule has 1 heterocycles. The van der Waals surface area contributed by atoms with Crippen LogP contribution < -0.4 is 15.1 Å². The molecular formula is C41H69N5. The number of nitrogens with one attached hydrogen (secondary N) is 1. The molecule has 258 valence electrons. The van der Waals surface area contributed by atoms with E-state index < -0.39 is 0 Å². The third kappa shape index (κ3) is 13.0. The molecule has 0 saturated heterocycles. The fourth-order valence-corrected chi connectivity index (χ4v) is 5.70. The van der Waals surface area contributed by atoms with Crippen molar-refractivity contribution in [3.63, 3.8) is 0 Å². The number of hydrogen-bond acceptors (Lipinski definition) is 5. The van der Waals surface area contributed by atoms with Crippen molar-refractivity contribution in [2.75, 3.05) is 76.3 Å². The van der Waals surface area contributed by atoms with Crippen molar-refractivity contribution in [2.45, 2.75) is 80.7 Å². The average molecular weight is 632 g/mol. The van der Waals surface area contributed by atoms with Crippen LogP contribution >= 0.6 is 0 Å². The van der Waals surface area contributed by atoms with Gasteiger partial charge in [-0.05, 0) is 68.2 Å². The molecule has 1 atom stereocenters. The Hall–Kier alpha value is -3.02. The number of likely N-dealkylation sites (N-methyl/N-ethyl adjacent to an activating group) is 3. The van der Waals surface area contributed by atoms with Gasteiger partial charge in [0.25, 0.3) is 0 Å². The largest absolute Gasteiger partial charge is 0.388 e. The molecule has 3 rings (SSSR count). The van der Waals surface area contributed by atoms with Crippen LogP contribution in [-0.4, -0.2) is 76.3 Å². The molecule has 2 aromatic carbocycles. The van der Waals surface area contributed by atoms with E-state index in [9.17, 15) is 0 Å². The van der Waals surface area contributed by atoms with Crippen molar-refractivity contribution < 1.29 is 0 Å². The molecule has 0 amide bonds. The lowest BCUT2D eigenvalue weighted by Crippen LogP contribution is -2.33. The fraction of sp³-hybridized carbons (Fsp3) is 0.561. The Morgan fingerprint density at radius 3 is 2.28 bits per heavy atom. The van der Waals surface area contributed by atoms with Crippen LogP contribution in [-0.2, 0) is 6.54 Å². The highest BCUT2D eigenvalue weighted by Crippen LogP contribution is 2.37. The number of fused-ring (bicyclic) bond motifs is 1. The minimum absolute atomic E-state index is 0.477. The van der Waals surface area contributed by atoms with Gasteiger partial charge in [0.15, 0.2) is 0 Å². The molecule has 1 unspecified atom stereocenters. The molecule has 2 aromatic rings. The molecule has 5 heteroatoms. The molecular weight excluding hydrogens is 562 g/mol. The highest BCUT2D eigenvalue weighted by molar-refractivity contribution is 5.80. The maximum absolute atomic E-state index is 4.58. The summed E-state index contributed by atoms with van der Waals surface area (Å²) in [5.74, 6) is 0.477. The van der Waals surface area contributed by atoms with Crippen LogP contribution in [0.3, 0.4) is 0 Å². The second-order valence-corrected chi connectivity index (χ2v) is 12.1. The highest BCUT2D eigenvalue weighted by Gasteiger charge is 2.23. The number of unbranched alkanes of at least 4 members (excludes halogenated alkanes) is 2. The predicted octanol–water partition coefficient (Wildman–Crippen LogP) is 9.43. The zero-order chi connectivity index (χ0) is 34.5. The van der Waals surface area contributed by atoms with Gasteiger partial charge < -0.3 is 20.0 Å². The second-order valence-electron chi connectivity index (χ2n) is 12.1. The Morgan fingerprint density at radius 2 is 1.67 bits per heavy atom. The van der Waals surface area contributed by atoms with E-state index in [4.69, 9.17) is 0 Å². The number of rotatable bonds is 17. The Morgan fingerprint density at radius 1 is 0.957 bits per heavy atom. The van der Waals surface area contributed by atoms with Gasteiger partial charge in [0.2, 0.25) is 0 Å². The standard InChI is InChI=1S/C29H41N3.C10H22N2.C2H6/c1-7-9-10-13-22(3)23(4)27-17-16-25(24(5)30-6)20-29(27)32-19-18-31(8-2)28-15-12-11-14-26(28)21-32;1-5-8-12(7-3)10-9-11(4)6-2;1-2/h11-12,14-17,20,22,30H,4-5,7-10,13,18-19,21H2,1-3,6H3;5H,1,6-10H2,2-4H3;1-2H3. The Balaban J connectivity index is 0.000000638. The zero-order valence-corrected chi connectivity index (χ0v) is 31.3. The summed E-state index contributed by atoms with van der Waals surface area (Å²) in [6, 6.07) is 15.6. The summed E-state index contributed by atoms with van der Waals surface area (Å²) in [5, 5.41) is 3.22. The van der Waals surface area contributed by atoms with Crippen LogP contribution in [0.15, 0.2) is 68.3 Å². The van der Waals surface area contributed by atoms with Crippen molar-refractivity contribution >= 4 is 22.6 Å². The van der Waals surface area contributed by atoms with Crippen LogP contribution in [0, 0.1) is 5.92 Å². The molecule has 0 fully saturated rings. The van der Waals surface area contributed by atoms with E-state index in [1.165, 1.54) is 53.8 Å². The summed E-state index contributed by atoms with van der Waals surface area (Å²) in [7, 11) is 4.09. The summed E-state index contributed by atoms with van der Waals surface area (Å²) in [6.45, 7) is 37.2. The van der Waals surface area contributed by atoms with Gasteiger partial charge >= 0.3 is 0 Å². The third-order valence-electron chi connectivity index (χ3n) is 9.06. The summed E-state index contributed by atoms with van der Waals surface area (Å²) in [4.78, 5) is 9.75. The number of hydrogen-bond donors (Lipinski definition) is 1. The molecule has 0 aromatic heterocycles. The van der Waals surface area contributed by atoms with Gasteiger partial charge in [0.05, 0.1) is 0 Å². The molecule has 0 bridgehead atoms. The van der Waals surface area contributed by atoms with Crippen molar-refractivity contribution in [1.82, 2.24) is 15.1 Å². The third-order valence-corrected chi connectivity index (χ3v) is 9.06. The number of para-hydroxylation sites is 1. The number of nitrogens with zero attached hydrogens (tertiary/aromatic N) is 4. The van der Waals surface area contributed by atoms with Gasteiger partial charge in [-0.15, -0.1) is 6.58 Å². The first kappa shape index (κ1) is 41.0. The fourth-order valence-electron chi connectivity index (χ4n) is 5.70. The maximum atomic E-state index is 4.58. The normalized spacial score (nSPS) is 13.1. The lowest BCUT2D eigenvalue weighted by molar-refractivity contribution is 0.255. The van der Waals surface area contributed by atoms with Gasteiger partial charge in [-0.3, -0.25) is 4.90 Å². The maximum Gasteiger partial charge on any atom is 0.0452 e. The SMILES string of the molecule is C=C(NC)c1ccc(C(=C)C(C)CCCCC)c(N2CCN(CC)c3ccccc3C2)c1.C=CCN(CC)CCN(C)CC.CC. The van der Waals surface area contributed by atoms with E-state index in [1.807, 2.05) is 27.0 Å². The lowest BCUT2D eigenvalue weighted by atomic mass is 9.89. The lowest BCUT2D eigenvalue weighted by Gasteiger charge is -2.29. The number of benzene rings is 2. The van der Waals surface area contributed by atoms with Gasteiger partial charge in [0.1, 0.15) is 0 Å². The molecule has 0 saturated carbocycles. The highest BCUT2D eigenvalue weighted by atomic mass is 15.2. The molecule has 1 N–H and O–H groups in total. The molecule has 0 radical (unpaired) electrons. The Bertz CT molecular complexity index is 1160. The first-order chi connectivity index (χ1) is 22.2. The molecule has 1 aliphatic heterocycles. The van der Waals surface area contributed by atoms with E-state index in [1.54, 1.807) is 0 Å². The van der Waals surface area contributed by atoms with Crippen molar-refractivity contribution in [3.8, 4) is 0 Å². The summed E-state index contributed by atoms with van der Waals surface area (Å²) in [5.41, 5.74) is 8.65. The van der Waals surface area contributed by atoms with Gasteiger partial charge in [-0.2, -0.15) is 0 Å². The van der Waals surface area contributed by atoms with E-state index in [0.29, 0.717) is 5.92 Å². The molecule has 1 aliphatic rings. The van der Waals surface area contributed by atoms with Gasteiger partial charge in [-0.25, -0.2) is 0 Å². The molecule has 5 nitrogen and oxygen atoms in total. The molecule has 0 aliphatic carbocycles. The van der Waals surface area contributed by atoms with Crippen molar-refractivity contribution in [3.05, 3.63) is 85.0 Å². The van der Waals surface area contributed by atoms with Gasteiger partial charge in [-0.1, -0.05) is 110 Å². The first-order valence-electron chi connectivity index (χ1n) is 18.0. The van der Waals surface area contributed by atoms with Gasteiger partial charge in [0, 0.05) is 75.5 Å². The Kier molecular flexibility index (Phi) is 20.8. The summed E-state index contributed by atoms with van der Waals surface area (Å²) < 4.78 is 0. The van der Waals surface area contributed by atoms with E-state index in [2.05, 4.69) is 129 Å². The van der Waals surface area contributed by atoms with Crippen LogP contribution in [0.2, 0.25) is 0 Å². The van der Waals surface area contributed by atoms with Crippen LogP contribution in [0.1, 0.15) is 90.8 Å². The molecule has 0 spiro atoms. The smallest absolute Gasteiger partial charge is 0.0452 e. The Labute approximate surface area is 285 Å². The minimum atomic E-state index is 0.477. The van der Waals surface area contributed by atoms with Crippen LogP contribution in [0.5, 0.6) is 0 Å². The van der Waals surface area contributed by atoms with Crippen molar-refractivity contribution in [2.24, 2.45) is 5.92 Å². The quantitative estimate of drug-likeness (QED) is 0.139. The predicted molar refractivity (Wildman–Crippen MR) is 209 cm³/mol.